The topological polar surface area (TPSA) is 26.2 Å². The van der Waals surface area contributed by atoms with Gasteiger partial charge in [0, 0.05) is 66.3 Å². The van der Waals surface area contributed by atoms with Crippen LogP contribution in [0.2, 0.25) is 0 Å². The van der Waals surface area contributed by atoms with Crippen LogP contribution in [0.5, 0.6) is 0 Å². The number of para-hydroxylation sites is 6. The van der Waals surface area contributed by atoms with Gasteiger partial charge in [-0.25, -0.2) is 0 Å². The van der Waals surface area contributed by atoms with Gasteiger partial charge in [0.25, 0.3) is 0 Å². The Bertz CT molecular complexity index is 4640. The molecule has 15 aromatic rings. The number of anilines is 3. The van der Waals surface area contributed by atoms with E-state index in [1.165, 1.54) is 71.1 Å². The van der Waals surface area contributed by atoms with Crippen molar-refractivity contribution in [1.82, 2.24) is 9.13 Å². The molecule has 3 heterocycles. The number of aromatic nitrogens is 2. The zero-order valence-corrected chi connectivity index (χ0v) is 40.2. The molecule has 3 aromatic heterocycles. The van der Waals surface area contributed by atoms with E-state index in [2.05, 4.69) is 275 Å². The number of hydrogen-bond acceptors (Lipinski definition) is 2. The summed E-state index contributed by atoms with van der Waals surface area (Å²) in [6.45, 7) is 0. The lowest BCUT2D eigenvalue weighted by atomic mass is 9.98. The smallest absolute Gasteiger partial charge is 0.143 e. The Hall–Kier alpha value is -9.90. The molecular weight excluding hydrogens is 899 g/mol. The number of furan rings is 1. The normalized spacial score (nSPS) is 11.8. The van der Waals surface area contributed by atoms with Gasteiger partial charge in [-0.05, 0) is 142 Å². The average Bonchev–Trinajstić information content (AvgIpc) is 4.13. The lowest BCUT2D eigenvalue weighted by Crippen LogP contribution is -2.09. The predicted molar refractivity (Wildman–Crippen MR) is 311 cm³/mol. The predicted octanol–water partition coefficient (Wildman–Crippen LogP) is 19.4. The van der Waals surface area contributed by atoms with Gasteiger partial charge in [0.15, 0.2) is 0 Å². The van der Waals surface area contributed by atoms with Crippen LogP contribution >= 0.6 is 0 Å². The summed E-state index contributed by atoms with van der Waals surface area (Å²) in [6, 6.07) is 98.9. The first-order valence-corrected chi connectivity index (χ1v) is 25.3. The monoisotopic (exact) mass is 943 g/mol. The minimum absolute atomic E-state index is 0.899. The third-order valence-corrected chi connectivity index (χ3v) is 15.1. The third-order valence-electron chi connectivity index (χ3n) is 15.1. The Labute approximate surface area is 427 Å². The van der Waals surface area contributed by atoms with Crippen molar-refractivity contribution in [3.05, 3.63) is 273 Å². The number of benzene rings is 12. The van der Waals surface area contributed by atoms with Crippen molar-refractivity contribution in [3.63, 3.8) is 0 Å². The summed E-state index contributed by atoms with van der Waals surface area (Å²) >= 11 is 0. The van der Waals surface area contributed by atoms with Gasteiger partial charge in [-0.2, -0.15) is 0 Å². The van der Waals surface area contributed by atoms with Gasteiger partial charge in [-0.1, -0.05) is 170 Å². The van der Waals surface area contributed by atoms with Gasteiger partial charge in [0.2, 0.25) is 0 Å². The molecule has 0 aliphatic rings. The summed E-state index contributed by atoms with van der Waals surface area (Å²) in [4.78, 5) is 2.37. The summed E-state index contributed by atoms with van der Waals surface area (Å²) in [5, 5.41) is 9.60. The van der Waals surface area contributed by atoms with E-state index in [1.54, 1.807) is 0 Å². The van der Waals surface area contributed by atoms with Gasteiger partial charge in [-0.15, -0.1) is 0 Å². The van der Waals surface area contributed by atoms with E-state index in [1.807, 2.05) is 12.1 Å². The highest BCUT2D eigenvalue weighted by molar-refractivity contribution is 6.12. The second kappa shape index (κ2) is 16.9. The average molecular weight is 944 g/mol. The molecule has 346 valence electrons. The Morgan fingerprint density at radius 2 is 0.757 bits per heavy atom. The van der Waals surface area contributed by atoms with E-state index in [0.29, 0.717) is 0 Å². The highest BCUT2D eigenvalue weighted by Crippen LogP contribution is 2.42. The number of nitrogens with zero attached hydrogens (tertiary/aromatic N) is 3. The Morgan fingerprint density at radius 3 is 1.49 bits per heavy atom. The fourth-order valence-corrected chi connectivity index (χ4v) is 11.6. The Kier molecular flexibility index (Phi) is 9.54. The molecule has 0 saturated carbocycles. The molecule has 0 fully saturated rings. The third kappa shape index (κ3) is 6.77. The van der Waals surface area contributed by atoms with Crippen molar-refractivity contribution in [2.24, 2.45) is 0 Å². The van der Waals surface area contributed by atoms with Crippen LogP contribution in [0.25, 0.3) is 121 Å². The Balaban J connectivity index is 0.821. The van der Waals surface area contributed by atoms with Crippen LogP contribution in [0, 0.1) is 0 Å². The first kappa shape index (κ1) is 41.8. The van der Waals surface area contributed by atoms with Crippen LogP contribution in [0.4, 0.5) is 17.1 Å². The van der Waals surface area contributed by atoms with Crippen molar-refractivity contribution in [2.45, 2.75) is 0 Å². The number of rotatable bonds is 8. The number of fused-ring (bicyclic) bond motifs is 10. The molecule has 0 aliphatic heterocycles. The maximum atomic E-state index is 6.49. The molecule has 0 N–H and O–H groups in total. The summed E-state index contributed by atoms with van der Waals surface area (Å²) in [6.07, 6.45) is 0. The lowest BCUT2D eigenvalue weighted by molar-refractivity contribution is 0.670. The van der Waals surface area contributed by atoms with Gasteiger partial charge in [0.05, 0.1) is 22.1 Å². The highest BCUT2D eigenvalue weighted by Gasteiger charge is 2.19. The lowest BCUT2D eigenvalue weighted by Gasteiger charge is -2.26. The van der Waals surface area contributed by atoms with Crippen LogP contribution < -0.4 is 4.90 Å². The minimum Gasteiger partial charge on any atom is -0.455 e. The second-order valence-electron chi connectivity index (χ2n) is 19.3. The molecule has 15 rings (SSSR count). The minimum atomic E-state index is 0.899. The highest BCUT2D eigenvalue weighted by atomic mass is 16.3. The van der Waals surface area contributed by atoms with Gasteiger partial charge in [0.1, 0.15) is 11.2 Å². The van der Waals surface area contributed by atoms with E-state index in [0.717, 1.165) is 67.1 Å². The molecule has 0 bridgehead atoms. The molecule has 4 heteroatoms. The molecular formula is C70H45N3O. The maximum absolute atomic E-state index is 6.49. The summed E-state index contributed by atoms with van der Waals surface area (Å²) < 4.78 is 11.2. The first-order chi connectivity index (χ1) is 36.7. The van der Waals surface area contributed by atoms with Crippen LogP contribution in [0.15, 0.2) is 277 Å². The standard InChI is InChI=1S/C70H45N3O/c1-3-14-53(15-4-1)72-66-24-11-8-19-60(66)64-44-51(34-41-67(64)72)48-26-27-50-43-57(39-32-49(50)42-48)71(56-37-30-47(31-38-56)58-21-13-22-63-62-20-9-12-25-69(62)74-70(58)63)55-35-28-46(29-36-55)52-33-40-61-59-18-7-10-23-65(59)73(68(61)45-52)54-16-5-2-6-17-54/h1-45H. The molecule has 0 spiro atoms. The van der Waals surface area contributed by atoms with Gasteiger partial charge < -0.3 is 18.5 Å². The van der Waals surface area contributed by atoms with Crippen LogP contribution in [0.1, 0.15) is 0 Å². The quantitative estimate of drug-likeness (QED) is 0.152. The molecule has 0 atom stereocenters. The van der Waals surface area contributed by atoms with Crippen molar-refractivity contribution in [2.75, 3.05) is 4.90 Å². The largest absolute Gasteiger partial charge is 0.455 e. The number of hydrogen-bond donors (Lipinski definition) is 0. The molecule has 0 radical (unpaired) electrons. The van der Waals surface area contributed by atoms with Crippen molar-refractivity contribution < 1.29 is 4.42 Å². The van der Waals surface area contributed by atoms with Crippen molar-refractivity contribution in [3.8, 4) is 44.8 Å². The van der Waals surface area contributed by atoms with Crippen LogP contribution in [-0.4, -0.2) is 9.13 Å². The molecule has 4 nitrogen and oxygen atoms in total. The second-order valence-corrected chi connectivity index (χ2v) is 19.3. The van der Waals surface area contributed by atoms with Gasteiger partial charge in [-0.3, -0.25) is 0 Å². The van der Waals surface area contributed by atoms with E-state index < -0.39 is 0 Å². The Morgan fingerprint density at radius 1 is 0.270 bits per heavy atom. The summed E-state index contributed by atoms with van der Waals surface area (Å²) in [5.74, 6) is 0. The van der Waals surface area contributed by atoms with Crippen LogP contribution in [0.3, 0.4) is 0 Å². The summed E-state index contributed by atoms with van der Waals surface area (Å²) in [7, 11) is 0. The molecule has 0 saturated heterocycles. The molecule has 74 heavy (non-hydrogen) atoms. The van der Waals surface area contributed by atoms with E-state index in [-0.39, 0.29) is 0 Å². The van der Waals surface area contributed by atoms with E-state index >= 15 is 0 Å². The molecule has 0 amide bonds. The molecule has 12 aromatic carbocycles. The van der Waals surface area contributed by atoms with Gasteiger partial charge >= 0.3 is 0 Å². The summed E-state index contributed by atoms with van der Waals surface area (Å²) in [5.41, 5.74) is 19.0. The zero-order valence-electron chi connectivity index (χ0n) is 40.2. The zero-order chi connectivity index (χ0) is 48.7. The van der Waals surface area contributed by atoms with Crippen molar-refractivity contribution >= 4 is 93.4 Å². The fraction of sp³-hybridized carbons (Fsp3) is 0. The molecule has 0 aliphatic carbocycles. The first-order valence-electron chi connectivity index (χ1n) is 25.3. The molecule has 0 unspecified atom stereocenters. The van der Waals surface area contributed by atoms with Crippen LogP contribution in [-0.2, 0) is 0 Å². The SMILES string of the molecule is c1ccc(-n2c3ccccc3c3cc(-c4ccc5cc(N(c6ccc(-c7ccc8c9ccccc9n(-c9ccccc9)c8c7)cc6)c6ccc(-c7cccc8c7oc7ccccc78)cc6)ccc5c4)ccc32)cc1. The maximum Gasteiger partial charge on any atom is 0.143 e. The fourth-order valence-electron chi connectivity index (χ4n) is 11.6. The van der Waals surface area contributed by atoms with E-state index in [9.17, 15) is 0 Å². The van der Waals surface area contributed by atoms with Crippen molar-refractivity contribution in [1.29, 1.82) is 0 Å². The van der Waals surface area contributed by atoms with E-state index in [4.69, 9.17) is 4.42 Å².